The number of anilines is 1. The Hall–Kier alpha value is -1.81. The minimum atomic E-state index is -0.0882. The van der Waals surface area contributed by atoms with Gasteiger partial charge in [0.15, 0.2) is 0 Å². The Bertz CT molecular complexity index is 613. The molecule has 1 unspecified atom stereocenters. The highest BCUT2D eigenvalue weighted by molar-refractivity contribution is 9.10. The zero-order chi connectivity index (χ0) is 15.2. The number of nitrogen functional groups attached to an aromatic ring is 1. The summed E-state index contributed by atoms with van der Waals surface area (Å²) >= 11 is 3.32. The van der Waals surface area contributed by atoms with E-state index >= 15 is 0 Å². The van der Waals surface area contributed by atoms with Crippen molar-refractivity contribution in [3.8, 4) is 0 Å². The van der Waals surface area contributed by atoms with Gasteiger partial charge in [0.2, 0.25) is 0 Å². The summed E-state index contributed by atoms with van der Waals surface area (Å²) in [7, 11) is 0. The molecule has 0 aliphatic rings. The number of nitrogens with two attached hydrogens (primary N) is 1. The smallest absolute Gasteiger partial charge is 0.251 e. The van der Waals surface area contributed by atoms with E-state index in [-0.39, 0.29) is 11.9 Å². The Morgan fingerprint density at radius 3 is 2.62 bits per heavy atom. The topological polar surface area (TPSA) is 55.1 Å². The van der Waals surface area contributed by atoms with Gasteiger partial charge in [0.05, 0.1) is 0 Å². The van der Waals surface area contributed by atoms with Crippen molar-refractivity contribution in [3.05, 3.63) is 64.1 Å². The van der Waals surface area contributed by atoms with Crippen molar-refractivity contribution in [2.75, 3.05) is 5.73 Å². The van der Waals surface area contributed by atoms with Crippen molar-refractivity contribution in [2.24, 2.45) is 0 Å². The summed E-state index contributed by atoms with van der Waals surface area (Å²) in [6.07, 6.45) is 1.85. The predicted octanol–water partition coefficient (Wildman–Crippen LogP) is 3.78. The highest BCUT2D eigenvalue weighted by Crippen LogP contribution is 2.20. The Morgan fingerprint density at radius 2 is 1.95 bits per heavy atom. The molecule has 110 valence electrons. The van der Waals surface area contributed by atoms with Crippen molar-refractivity contribution in [1.29, 1.82) is 0 Å². The average molecular weight is 347 g/mol. The van der Waals surface area contributed by atoms with Crippen LogP contribution in [0.3, 0.4) is 0 Å². The first-order valence-electron chi connectivity index (χ1n) is 6.96. The minimum Gasteiger partial charge on any atom is -0.398 e. The molecule has 0 saturated heterocycles. The van der Waals surface area contributed by atoms with Crippen molar-refractivity contribution in [3.63, 3.8) is 0 Å². The number of aryl methyl sites for hydroxylation is 1. The molecular weight excluding hydrogens is 328 g/mol. The maximum atomic E-state index is 12.1. The molecule has 0 aliphatic heterocycles. The molecule has 2 aromatic carbocycles. The van der Waals surface area contributed by atoms with Crippen LogP contribution in [0.25, 0.3) is 0 Å². The van der Waals surface area contributed by atoms with E-state index in [4.69, 9.17) is 5.73 Å². The molecule has 3 N–H and O–H groups in total. The number of nitrogens with one attached hydrogen (secondary N) is 1. The molecule has 0 heterocycles. The number of carbonyl (C=O) groups excluding carboxylic acids is 1. The quantitative estimate of drug-likeness (QED) is 0.809. The van der Waals surface area contributed by atoms with Crippen LogP contribution in [0.4, 0.5) is 5.69 Å². The van der Waals surface area contributed by atoms with E-state index in [1.54, 1.807) is 18.2 Å². The summed E-state index contributed by atoms with van der Waals surface area (Å²) < 4.78 is 0.802. The van der Waals surface area contributed by atoms with E-state index in [1.807, 2.05) is 25.1 Å². The molecular formula is C17H19BrN2O. The molecule has 1 amide bonds. The SMILES string of the molecule is CC(CCc1ccccc1)NC(=O)c1ccc(Br)c(N)c1. The lowest BCUT2D eigenvalue weighted by molar-refractivity contribution is 0.0938. The van der Waals surface area contributed by atoms with Crippen LogP contribution in [0.2, 0.25) is 0 Å². The lowest BCUT2D eigenvalue weighted by atomic mass is 10.1. The molecule has 2 rings (SSSR count). The third kappa shape index (κ3) is 4.60. The third-order valence-corrected chi connectivity index (χ3v) is 4.07. The third-order valence-electron chi connectivity index (χ3n) is 3.34. The van der Waals surface area contributed by atoms with Gasteiger partial charge in [-0.05, 0) is 59.5 Å². The van der Waals surface area contributed by atoms with Crippen LogP contribution in [0, 0.1) is 0 Å². The minimum absolute atomic E-state index is 0.0882. The summed E-state index contributed by atoms with van der Waals surface area (Å²) in [6, 6.07) is 15.6. The van der Waals surface area contributed by atoms with Crippen LogP contribution in [0.15, 0.2) is 53.0 Å². The molecule has 0 aliphatic carbocycles. The Morgan fingerprint density at radius 1 is 1.24 bits per heavy atom. The highest BCUT2D eigenvalue weighted by Gasteiger charge is 2.11. The van der Waals surface area contributed by atoms with Crippen molar-refractivity contribution < 1.29 is 4.79 Å². The predicted molar refractivity (Wildman–Crippen MR) is 90.2 cm³/mol. The number of rotatable bonds is 5. The van der Waals surface area contributed by atoms with E-state index in [9.17, 15) is 4.79 Å². The number of hydrogen-bond donors (Lipinski definition) is 2. The maximum Gasteiger partial charge on any atom is 0.251 e. The summed E-state index contributed by atoms with van der Waals surface area (Å²) in [5.74, 6) is -0.0882. The number of hydrogen-bond acceptors (Lipinski definition) is 2. The summed E-state index contributed by atoms with van der Waals surface area (Å²) in [6.45, 7) is 2.02. The average Bonchev–Trinajstić information content (AvgIpc) is 2.49. The molecule has 0 aromatic heterocycles. The van der Waals surface area contributed by atoms with Crippen LogP contribution in [0.5, 0.6) is 0 Å². The van der Waals surface area contributed by atoms with Gasteiger partial charge >= 0.3 is 0 Å². The first-order chi connectivity index (χ1) is 10.1. The molecule has 2 aromatic rings. The molecule has 3 nitrogen and oxygen atoms in total. The van der Waals surface area contributed by atoms with Gasteiger partial charge in [-0.1, -0.05) is 30.3 Å². The van der Waals surface area contributed by atoms with Crippen LogP contribution < -0.4 is 11.1 Å². The molecule has 0 fully saturated rings. The highest BCUT2D eigenvalue weighted by atomic mass is 79.9. The number of halogens is 1. The molecule has 0 bridgehead atoms. The van der Waals surface area contributed by atoms with Gasteiger partial charge in [-0.2, -0.15) is 0 Å². The first kappa shape index (κ1) is 15.6. The van der Waals surface area contributed by atoms with E-state index < -0.39 is 0 Å². The van der Waals surface area contributed by atoms with E-state index in [2.05, 4.69) is 33.4 Å². The van der Waals surface area contributed by atoms with Gasteiger partial charge < -0.3 is 11.1 Å². The molecule has 1 atom stereocenters. The van der Waals surface area contributed by atoms with Crippen LogP contribution in [-0.2, 0) is 6.42 Å². The summed E-state index contributed by atoms with van der Waals surface area (Å²) in [5.41, 5.74) is 8.24. The summed E-state index contributed by atoms with van der Waals surface area (Å²) in [5, 5.41) is 3.00. The fourth-order valence-electron chi connectivity index (χ4n) is 2.09. The fourth-order valence-corrected chi connectivity index (χ4v) is 2.34. The first-order valence-corrected chi connectivity index (χ1v) is 7.75. The summed E-state index contributed by atoms with van der Waals surface area (Å²) in [4.78, 5) is 12.1. The maximum absolute atomic E-state index is 12.1. The lowest BCUT2D eigenvalue weighted by Gasteiger charge is -2.14. The zero-order valence-corrected chi connectivity index (χ0v) is 13.6. The largest absolute Gasteiger partial charge is 0.398 e. The second kappa shape index (κ2) is 7.27. The monoisotopic (exact) mass is 346 g/mol. The molecule has 21 heavy (non-hydrogen) atoms. The van der Waals surface area contributed by atoms with Crippen LogP contribution in [0.1, 0.15) is 29.3 Å². The second-order valence-electron chi connectivity index (χ2n) is 5.14. The van der Waals surface area contributed by atoms with Gasteiger partial charge in [0, 0.05) is 21.8 Å². The zero-order valence-electron chi connectivity index (χ0n) is 12.0. The van der Waals surface area contributed by atoms with Gasteiger partial charge in [-0.15, -0.1) is 0 Å². The Labute approximate surface area is 133 Å². The lowest BCUT2D eigenvalue weighted by Crippen LogP contribution is -2.32. The number of carbonyl (C=O) groups is 1. The van der Waals surface area contributed by atoms with Crippen LogP contribution >= 0.6 is 15.9 Å². The van der Waals surface area contributed by atoms with Gasteiger partial charge in [-0.25, -0.2) is 0 Å². The van der Waals surface area contributed by atoms with Gasteiger partial charge in [0.1, 0.15) is 0 Å². The van der Waals surface area contributed by atoms with Crippen molar-refractivity contribution in [1.82, 2.24) is 5.32 Å². The molecule has 4 heteroatoms. The van der Waals surface area contributed by atoms with Gasteiger partial charge in [-0.3, -0.25) is 4.79 Å². The van der Waals surface area contributed by atoms with E-state index in [0.29, 0.717) is 11.3 Å². The molecule has 0 spiro atoms. The molecule has 0 saturated carbocycles. The van der Waals surface area contributed by atoms with E-state index in [0.717, 1.165) is 17.3 Å². The second-order valence-corrected chi connectivity index (χ2v) is 5.99. The standard InChI is InChI=1S/C17H19BrN2O/c1-12(7-8-13-5-3-2-4-6-13)20-17(21)14-9-10-15(18)16(19)11-14/h2-6,9-12H,7-8,19H2,1H3,(H,20,21). The molecule has 0 radical (unpaired) electrons. The normalized spacial score (nSPS) is 11.9. The number of amides is 1. The van der Waals surface area contributed by atoms with E-state index in [1.165, 1.54) is 5.56 Å². The Kier molecular flexibility index (Phi) is 5.39. The van der Waals surface area contributed by atoms with Crippen LogP contribution in [-0.4, -0.2) is 11.9 Å². The Balaban J connectivity index is 1.88. The van der Waals surface area contributed by atoms with Crippen molar-refractivity contribution in [2.45, 2.75) is 25.8 Å². The van der Waals surface area contributed by atoms with Gasteiger partial charge in [0.25, 0.3) is 5.91 Å². The van der Waals surface area contributed by atoms with Crippen molar-refractivity contribution >= 4 is 27.5 Å². The fraction of sp³-hybridized carbons (Fsp3) is 0.235. The number of benzene rings is 2.